The van der Waals surface area contributed by atoms with Gasteiger partial charge in [-0.05, 0) is 12.0 Å². The summed E-state index contributed by atoms with van der Waals surface area (Å²) in [6.07, 6.45) is 0.499. The molecule has 3 unspecified atom stereocenters. The van der Waals surface area contributed by atoms with E-state index in [0.717, 1.165) is 12.5 Å². The standard InChI is InChI=1S/C14H17NO5S/c1-9(16)15-12(14(17)18)8-21(19,20)13-7-11(13)10-5-3-2-4-6-10/h2-6,11-13H,7-8H2,1H3,(H,15,16)(H,17,18). The van der Waals surface area contributed by atoms with E-state index in [0.29, 0.717) is 6.42 Å². The van der Waals surface area contributed by atoms with E-state index in [4.69, 9.17) is 5.11 Å². The molecule has 0 heterocycles. The SMILES string of the molecule is CC(=O)NC(CS(=O)(=O)C1CC1c1ccccc1)C(=O)O. The van der Waals surface area contributed by atoms with Crippen LogP contribution in [-0.2, 0) is 19.4 Å². The molecule has 1 saturated carbocycles. The zero-order valence-electron chi connectivity index (χ0n) is 11.5. The van der Waals surface area contributed by atoms with Crippen LogP contribution in [0.15, 0.2) is 30.3 Å². The van der Waals surface area contributed by atoms with Gasteiger partial charge in [0.15, 0.2) is 9.84 Å². The fourth-order valence-corrected chi connectivity index (χ4v) is 4.49. The van der Waals surface area contributed by atoms with Gasteiger partial charge >= 0.3 is 5.97 Å². The number of amides is 1. The summed E-state index contributed by atoms with van der Waals surface area (Å²) in [6, 6.07) is 7.87. The number of carboxylic acid groups (broad SMARTS) is 1. The first-order valence-electron chi connectivity index (χ1n) is 6.57. The van der Waals surface area contributed by atoms with E-state index in [9.17, 15) is 18.0 Å². The van der Waals surface area contributed by atoms with Crippen molar-refractivity contribution in [2.24, 2.45) is 0 Å². The highest BCUT2D eigenvalue weighted by Crippen LogP contribution is 2.46. The van der Waals surface area contributed by atoms with Gasteiger partial charge in [-0.1, -0.05) is 30.3 Å². The third-order valence-electron chi connectivity index (χ3n) is 3.50. The molecule has 0 aliphatic heterocycles. The predicted octanol–water partition coefficient (Wildman–Crippen LogP) is 0.547. The van der Waals surface area contributed by atoms with E-state index >= 15 is 0 Å². The van der Waals surface area contributed by atoms with Crippen LogP contribution in [0.2, 0.25) is 0 Å². The summed E-state index contributed by atoms with van der Waals surface area (Å²) < 4.78 is 24.5. The van der Waals surface area contributed by atoms with Crippen LogP contribution >= 0.6 is 0 Å². The number of carbonyl (C=O) groups is 2. The van der Waals surface area contributed by atoms with E-state index in [1.807, 2.05) is 30.3 Å². The second kappa shape index (κ2) is 5.85. The molecule has 1 fully saturated rings. The number of carbonyl (C=O) groups excluding carboxylic acids is 1. The monoisotopic (exact) mass is 311 g/mol. The lowest BCUT2D eigenvalue weighted by Crippen LogP contribution is -2.45. The van der Waals surface area contributed by atoms with Crippen molar-refractivity contribution in [1.82, 2.24) is 5.32 Å². The third-order valence-corrected chi connectivity index (χ3v) is 5.74. The Labute approximate surface area is 123 Å². The van der Waals surface area contributed by atoms with Gasteiger partial charge in [-0.15, -0.1) is 0 Å². The van der Waals surface area contributed by atoms with Crippen molar-refractivity contribution < 1.29 is 23.1 Å². The largest absolute Gasteiger partial charge is 0.480 e. The molecule has 1 amide bonds. The normalized spacial score (nSPS) is 22.3. The van der Waals surface area contributed by atoms with Gasteiger partial charge in [-0.25, -0.2) is 13.2 Å². The average Bonchev–Trinajstić information content (AvgIpc) is 3.19. The van der Waals surface area contributed by atoms with E-state index in [2.05, 4.69) is 5.32 Å². The van der Waals surface area contributed by atoms with Gasteiger partial charge in [-0.2, -0.15) is 0 Å². The fraction of sp³-hybridized carbons (Fsp3) is 0.429. The van der Waals surface area contributed by atoms with Crippen molar-refractivity contribution in [3.8, 4) is 0 Å². The molecule has 6 nitrogen and oxygen atoms in total. The van der Waals surface area contributed by atoms with Gasteiger partial charge < -0.3 is 10.4 Å². The molecule has 1 aliphatic carbocycles. The van der Waals surface area contributed by atoms with Crippen molar-refractivity contribution in [3.63, 3.8) is 0 Å². The van der Waals surface area contributed by atoms with Crippen molar-refractivity contribution in [2.45, 2.75) is 30.6 Å². The molecule has 2 rings (SSSR count). The Balaban J connectivity index is 2.06. The number of sulfone groups is 1. The maximum absolute atomic E-state index is 12.3. The lowest BCUT2D eigenvalue weighted by Gasteiger charge is -2.13. The minimum absolute atomic E-state index is 0.0806. The Hall–Kier alpha value is -1.89. The van der Waals surface area contributed by atoms with Gasteiger partial charge in [0.2, 0.25) is 5.91 Å². The van der Waals surface area contributed by atoms with Crippen LogP contribution in [0, 0.1) is 0 Å². The molecular weight excluding hydrogens is 294 g/mol. The second-order valence-corrected chi connectivity index (χ2v) is 7.48. The minimum Gasteiger partial charge on any atom is -0.480 e. The zero-order valence-corrected chi connectivity index (χ0v) is 12.3. The van der Waals surface area contributed by atoms with E-state index in [-0.39, 0.29) is 5.92 Å². The summed E-state index contributed by atoms with van der Waals surface area (Å²) in [5.41, 5.74) is 0.942. The van der Waals surface area contributed by atoms with Crippen molar-refractivity contribution in [3.05, 3.63) is 35.9 Å². The molecule has 3 atom stereocenters. The van der Waals surface area contributed by atoms with Gasteiger partial charge in [0.1, 0.15) is 6.04 Å². The smallest absolute Gasteiger partial charge is 0.327 e. The lowest BCUT2D eigenvalue weighted by atomic mass is 10.1. The first-order chi connectivity index (χ1) is 9.81. The minimum atomic E-state index is -3.57. The molecule has 0 bridgehead atoms. The molecular formula is C14H17NO5S. The lowest BCUT2D eigenvalue weighted by molar-refractivity contribution is -0.140. The van der Waals surface area contributed by atoms with Gasteiger partial charge in [0.25, 0.3) is 0 Å². The quantitative estimate of drug-likeness (QED) is 0.799. The number of carboxylic acids is 1. The first kappa shape index (κ1) is 15.5. The van der Waals surface area contributed by atoms with Gasteiger partial charge in [0.05, 0.1) is 11.0 Å². The number of hydrogen-bond acceptors (Lipinski definition) is 4. The van der Waals surface area contributed by atoms with Crippen LogP contribution in [-0.4, -0.2) is 42.4 Å². The molecule has 114 valence electrons. The van der Waals surface area contributed by atoms with Crippen LogP contribution in [0.5, 0.6) is 0 Å². The summed E-state index contributed by atoms with van der Waals surface area (Å²) >= 11 is 0. The number of hydrogen-bond donors (Lipinski definition) is 2. The highest BCUT2D eigenvalue weighted by atomic mass is 32.2. The Bertz CT molecular complexity index is 641. The summed E-state index contributed by atoms with van der Waals surface area (Å²) in [4.78, 5) is 22.0. The Morgan fingerprint density at radius 1 is 1.33 bits per heavy atom. The predicted molar refractivity (Wildman–Crippen MR) is 76.6 cm³/mol. The molecule has 0 radical (unpaired) electrons. The van der Waals surface area contributed by atoms with Crippen LogP contribution in [0.1, 0.15) is 24.8 Å². The Morgan fingerprint density at radius 2 is 1.95 bits per heavy atom. The van der Waals surface area contributed by atoms with Crippen LogP contribution in [0.3, 0.4) is 0 Å². The first-order valence-corrected chi connectivity index (χ1v) is 8.29. The molecule has 7 heteroatoms. The molecule has 0 aromatic heterocycles. The Morgan fingerprint density at radius 3 is 2.48 bits per heavy atom. The maximum Gasteiger partial charge on any atom is 0.327 e. The van der Waals surface area contributed by atoms with Crippen LogP contribution in [0.4, 0.5) is 0 Å². The topological polar surface area (TPSA) is 101 Å². The molecule has 1 aliphatic rings. The van der Waals surface area contributed by atoms with Gasteiger partial charge in [-0.3, -0.25) is 4.79 Å². The summed E-state index contributed by atoms with van der Waals surface area (Å²) in [5.74, 6) is -2.56. The Kier molecular flexibility index (Phi) is 4.32. The third kappa shape index (κ3) is 3.81. The van der Waals surface area contributed by atoms with Crippen molar-refractivity contribution in [1.29, 1.82) is 0 Å². The number of aliphatic carboxylic acids is 1. The fourth-order valence-electron chi connectivity index (χ4n) is 2.40. The number of nitrogens with one attached hydrogen (secondary N) is 1. The van der Waals surface area contributed by atoms with E-state index in [1.165, 1.54) is 0 Å². The van der Waals surface area contributed by atoms with E-state index < -0.39 is 38.8 Å². The number of rotatable bonds is 6. The highest BCUT2D eigenvalue weighted by Gasteiger charge is 2.49. The van der Waals surface area contributed by atoms with Crippen molar-refractivity contribution in [2.75, 3.05) is 5.75 Å². The molecule has 0 saturated heterocycles. The molecule has 1 aromatic rings. The van der Waals surface area contributed by atoms with Crippen molar-refractivity contribution >= 4 is 21.7 Å². The highest BCUT2D eigenvalue weighted by molar-refractivity contribution is 7.92. The number of benzene rings is 1. The maximum atomic E-state index is 12.3. The molecule has 1 aromatic carbocycles. The van der Waals surface area contributed by atoms with Crippen LogP contribution < -0.4 is 5.32 Å². The summed E-state index contributed by atoms with van der Waals surface area (Å²) in [7, 11) is -3.57. The van der Waals surface area contributed by atoms with E-state index in [1.54, 1.807) is 0 Å². The zero-order chi connectivity index (χ0) is 15.6. The average molecular weight is 311 g/mol. The summed E-state index contributed by atoms with van der Waals surface area (Å²) in [5, 5.41) is 10.6. The second-order valence-electron chi connectivity index (χ2n) is 5.21. The summed E-state index contributed by atoms with van der Waals surface area (Å²) in [6.45, 7) is 1.16. The molecule has 21 heavy (non-hydrogen) atoms. The molecule has 2 N–H and O–H groups in total. The van der Waals surface area contributed by atoms with Gasteiger partial charge in [0, 0.05) is 12.8 Å². The molecule has 0 spiro atoms. The van der Waals surface area contributed by atoms with Crippen LogP contribution in [0.25, 0.3) is 0 Å².